The van der Waals surface area contributed by atoms with Gasteiger partial charge in [-0.25, -0.2) is 9.78 Å². The van der Waals surface area contributed by atoms with E-state index in [0.29, 0.717) is 24.3 Å². The molecule has 0 saturated carbocycles. The Bertz CT molecular complexity index is 881. The lowest BCUT2D eigenvalue weighted by atomic mass is 10.1. The van der Waals surface area contributed by atoms with Crippen LogP contribution in [0.4, 0.5) is 0 Å². The first-order chi connectivity index (χ1) is 16.1. The Morgan fingerprint density at radius 2 is 2.00 bits per heavy atom. The van der Waals surface area contributed by atoms with Crippen LogP contribution < -0.4 is 16.4 Å². The third-order valence-electron chi connectivity index (χ3n) is 5.40. The molecule has 1 aliphatic rings. The Balaban J connectivity index is 2.16. The van der Waals surface area contributed by atoms with Crippen LogP contribution in [-0.2, 0) is 30.4 Å². The molecule has 2 rings (SSSR count). The van der Waals surface area contributed by atoms with E-state index in [-0.39, 0.29) is 19.4 Å². The van der Waals surface area contributed by atoms with Crippen molar-refractivity contribution in [2.45, 2.75) is 56.3 Å². The van der Waals surface area contributed by atoms with Crippen molar-refractivity contribution in [3.05, 3.63) is 18.2 Å². The Kier molecular flexibility index (Phi) is 10.3. The van der Waals surface area contributed by atoms with Gasteiger partial charge in [-0.05, 0) is 31.3 Å². The number of carboxylic acid groups (broad SMARTS) is 2. The molecule has 3 amide bonds. The molecule has 1 aromatic rings. The number of amides is 3. The van der Waals surface area contributed by atoms with Crippen LogP contribution >= 0.6 is 11.8 Å². The Morgan fingerprint density at radius 1 is 1.26 bits per heavy atom. The summed E-state index contributed by atoms with van der Waals surface area (Å²) in [6.07, 6.45) is 5.30. The molecule has 7 N–H and O–H groups in total. The fourth-order valence-corrected chi connectivity index (χ4v) is 4.11. The molecule has 0 spiro atoms. The maximum Gasteiger partial charge on any atom is 0.326 e. The van der Waals surface area contributed by atoms with Gasteiger partial charge in [-0.3, -0.25) is 19.2 Å². The number of carbonyl (C=O) groups excluding carboxylic acids is 3. The average Bonchev–Trinajstić information content (AvgIpc) is 3.47. The van der Waals surface area contributed by atoms with Gasteiger partial charge in [0.2, 0.25) is 17.7 Å². The summed E-state index contributed by atoms with van der Waals surface area (Å²) in [6, 6.07) is -4.46. The fourth-order valence-electron chi connectivity index (χ4n) is 3.62. The van der Waals surface area contributed by atoms with Crippen LogP contribution in [-0.4, -0.2) is 97.5 Å². The van der Waals surface area contributed by atoms with Gasteiger partial charge in [-0.1, -0.05) is 0 Å². The van der Waals surface area contributed by atoms with Crippen LogP contribution in [0, 0.1) is 0 Å². The number of nitrogens with zero attached hydrogens (tertiary/aromatic N) is 2. The number of carbonyl (C=O) groups is 5. The number of imidazole rings is 1. The van der Waals surface area contributed by atoms with Gasteiger partial charge in [-0.15, -0.1) is 0 Å². The molecule has 0 aromatic carbocycles. The van der Waals surface area contributed by atoms with E-state index in [2.05, 4.69) is 20.6 Å². The van der Waals surface area contributed by atoms with E-state index >= 15 is 0 Å². The van der Waals surface area contributed by atoms with E-state index in [4.69, 9.17) is 10.8 Å². The van der Waals surface area contributed by atoms with Crippen LogP contribution in [0.25, 0.3) is 0 Å². The lowest BCUT2D eigenvalue weighted by Gasteiger charge is -2.29. The van der Waals surface area contributed by atoms with Crippen molar-refractivity contribution in [2.24, 2.45) is 5.73 Å². The summed E-state index contributed by atoms with van der Waals surface area (Å²) in [4.78, 5) is 69.1. The minimum absolute atomic E-state index is 0.0847. The maximum absolute atomic E-state index is 13.4. The summed E-state index contributed by atoms with van der Waals surface area (Å²) in [5.41, 5.74) is 6.53. The zero-order chi connectivity index (χ0) is 25.3. The molecule has 4 unspecified atom stereocenters. The molecule has 188 valence electrons. The summed E-state index contributed by atoms with van der Waals surface area (Å²) in [7, 11) is 0. The zero-order valence-electron chi connectivity index (χ0n) is 18.7. The topological polar surface area (TPSA) is 208 Å². The van der Waals surface area contributed by atoms with E-state index in [9.17, 15) is 29.1 Å². The first-order valence-electron chi connectivity index (χ1n) is 10.7. The number of likely N-dealkylation sites (tertiary alicyclic amines) is 1. The molecular formula is C20H30N6O7S. The number of nitrogens with one attached hydrogen (secondary N) is 3. The number of thioether (sulfide) groups is 1. The van der Waals surface area contributed by atoms with Gasteiger partial charge in [0.25, 0.3) is 0 Å². The summed E-state index contributed by atoms with van der Waals surface area (Å²) in [5.74, 6) is -3.99. The van der Waals surface area contributed by atoms with Crippen LogP contribution in [0.1, 0.15) is 31.4 Å². The van der Waals surface area contributed by atoms with Crippen LogP contribution in [0.15, 0.2) is 12.5 Å². The predicted molar refractivity (Wildman–Crippen MR) is 122 cm³/mol. The number of hydrogen-bond donors (Lipinski definition) is 6. The molecule has 34 heavy (non-hydrogen) atoms. The van der Waals surface area contributed by atoms with Gasteiger partial charge >= 0.3 is 11.9 Å². The van der Waals surface area contributed by atoms with Crippen molar-refractivity contribution >= 4 is 41.4 Å². The fraction of sp³-hybridized carbons (Fsp3) is 0.600. The molecule has 13 nitrogen and oxygen atoms in total. The Labute approximate surface area is 200 Å². The Morgan fingerprint density at radius 3 is 2.59 bits per heavy atom. The van der Waals surface area contributed by atoms with E-state index in [1.54, 1.807) is 0 Å². The highest BCUT2D eigenvalue weighted by Gasteiger charge is 2.39. The third-order valence-corrected chi connectivity index (χ3v) is 6.04. The number of aliphatic carboxylic acids is 2. The largest absolute Gasteiger partial charge is 0.481 e. The van der Waals surface area contributed by atoms with Crippen LogP contribution in [0.5, 0.6) is 0 Å². The number of aromatic amines is 1. The summed E-state index contributed by atoms with van der Waals surface area (Å²) in [6.45, 7) is 0.224. The lowest BCUT2D eigenvalue weighted by molar-refractivity contribution is -0.148. The second kappa shape index (κ2) is 12.9. The second-order valence-corrected chi connectivity index (χ2v) is 8.90. The quantitative estimate of drug-likeness (QED) is 0.186. The van der Waals surface area contributed by atoms with E-state index in [1.165, 1.54) is 29.2 Å². The van der Waals surface area contributed by atoms with Crippen molar-refractivity contribution in [3.8, 4) is 0 Å². The first kappa shape index (κ1) is 27.1. The van der Waals surface area contributed by atoms with Gasteiger partial charge in [0.05, 0.1) is 18.8 Å². The van der Waals surface area contributed by atoms with Crippen molar-refractivity contribution in [1.29, 1.82) is 0 Å². The first-order valence-corrected chi connectivity index (χ1v) is 12.1. The summed E-state index contributed by atoms with van der Waals surface area (Å²) < 4.78 is 0. The van der Waals surface area contributed by atoms with Crippen molar-refractivity contribution in [2.75, 3.05) is 18.6 Å². The molecule has 2 heterocycles. The number of nitrogens with two attached hydrogens (primary N) is 1. The van der Waals surface area contributed by atoms with E-state index in [0.717, 1.165) is 0 Å². The Hall–Kier alpha value is -3.13. The van der Waals surface area contributed by atoms with E-state index in [1.807, 2.05) is 6.26 Å². The van der Waals surface area contributed by atoms with Crippen molar-refractivity contribution in [3.63, 3.8) is 0 Å². The van der Waals surface area contributed by atoms with Crippen LogP contribution in [0.2, 0.25) is 0 Å². The number of carboxylic acids is 2. The number of hydrogen-bond acceptors (Lipinski definition) is 8. The number of H-pyrrole nitrogens is 1. The molecule has 1 saturated heterocycles. The smallest absolute Gasteiger partial charge is 0.326 e. The van der Waals surface area contributed by atoms with Crippen molar-refractivity contribution in [1.82, 2.24) is 25.5 Å². The monoisotopic (exact) mass is 498 g/mol. The molecular weight excluding hydrogens is 468 g/mol. The zero-order valence-corrected chi connectivity index (χ0v) is 19.5. The molecule has 1 aromatic heterocycles. The van der Waals surface area contributed by atoms with Crippen molar-refractivity contribution < 1.29 is 34.2 Å². The third kappa shape index (κ3) is 7.73. The van der Waals surface area contributed by atoms with Crippen LogP contribution in [0.3, 0.4) is 0 Å². The van der Waals surface area contributed by atoms with Gasteiger partial charge < -0.3 is 36.5 Å². The molecule has 4 atom stereocenters. The van der Waals surface area contributed by atoms with Gasteiger partial charge in [0.1, 0.15) is 18.1 Å². The summed E-state index contributed by atoms with van der Waals surface area (Å²) in [5, 5.41) is 23.0. The highest BCUT2D eigenvalue weighted by Crippen LogP contribution is 2.20. The molecule has 14 heteroatoms. The molecule has 0 radical (unpaired) electrons. The minimum atomic E-state index is -1.63. The molecule has 0 aliphatic carbocycles. The highest BCUT2D eigenvalue weighted by atomic mass is 32.2. The predicted octanol–water partition coefficient (Wildman–Crippen LogP) is -1.45. The molecule has 0 bridgehead atoms. The SMILES string of the molecule is CSCCC(N)C(=O)NC(Cc1cnc[nH]1)C(=O)N1CCCC1C(=O)NC(CC(=O)O)C(=O)O. The van der Waals surface area contributed by atoms with Gasteiger partial charge in [0, 0.05) is 24.9 Å². The van der Waals surface area contributed by atoms with Gasteiger partial charge in [-0.2, -0.15) is 11.8 Å². The van der Waals surface area contributed by atoms with Gasteiger partial charge in [0.15, 0.2) is 0 Å². The normalized spacial score (nSPS) is 18.1. The minimum Gasteiger partial charge on any atom is -0.481 e. The molecule has 1 aliphatic heterocycles. The number of rotatable bonds is 13. The molecule has 1 fully saturated rings. The number of aromatic nitrogens is 2. The van der Waals surface area contributed by atoms with E-state index < -0.39 is 60.2 Å². The lowest BCUT2D eigenvalue weighted by Crippen LogP contribution is -2.57. The maximum atomic E-state index is 13.4. The summed E-state index contributed by atoms with van der Waals surface area (Å²) >= 11 is 1.54. The standard InChI is InChI=1S/C20H30N6O7S/c1-34-6-4-12(21)17(29)24-13(7-11-9-22-10-23-11)19(31)26-5-2-3-15(26)18(30)25-14(20(32)33)8-16(27)28/h9-10,12-15H,2-8,21H2,1H3,(H,22,23)(H,24,29)(H,25,30)(H,27,28)(H,32,33). The second-order valence-electron chi connectivity index (χ2n) is 7.92. The highest BCUT2D eigenvalue weighted by molar-refractivity contribution is 7.98. The average molecular weight is 499 g/mol.